The number of nitrogens with two attached hydrogens (primary N) is 1. The Labute approximate surface area is 164 Å². The second-order valence-electron chi connectivity index (χ2n) is 6.02. The molecule has 8 heteroatoms. The number of ether oxygens (including phenoxy) is 1. The van der Waals surface area contributed by atoms with Crippen LogP contribution in [0.2, 0.25) is 0 Å². The van der Waals surface area contributed by atoms with Crippen LogP contribution in [-0.4, -0.2) is 28.3 Å². The van der Waals surface area contributed by atoms with Crippen molar-refractivity contribution in [2.45, 2.75) is 0 Å². The third-order valence-corrected chi connectivity index (χ3v) is 5.09. The molecule has 0 saturated heterocycles. The summed E-state index contributed by atoms with van der Waals surface area (Å²) in [5, 5.41) is 4.57. The summed E-state index contributed by atoms with van der Waals surface area (Å²) in [6.07, 6.45) is 1.83. The van der Waals surface area contributed by atoms with Crippen molar-refractivity contribution in [3.05, 3.63) is 71.4 Å². The topological polar surface area (TPSA) is 98.7 Å². The Morgan fingerprint density at radius 2 is 1.82 bits per heavy atom. The number of carbonyl (C=O) groups excluding carboxylic acids is 2. The largest absolute Gasteiger partial charge is 0.497 e. The van der Waals surface area contributed by atoms with Crippen molar-refractivity contribution in [3.8, 4) is 17.0 Å². The van der Waals surface area contributed by atoms with Gasteiger partial charge in [-0.1, -0.05) is 0 Å². The molecule has 3 N–H and O–H groups in total. The first kappa shape index (κ1) is 17.7. The summed E-state index contributed by atoms with van der Waals surface area (Å²) < 4.78 is 6.94. The predicted molar refractivity (Wildman–Crippen MR) is 108 cm³/mol. The molecule has 0 spiro atoms. The number of imidazole rings is 1. The molecule has 0 aliphatic carbocycles. The van der Waals surface area contributed by atoms with Gasteiger partial charge in [-0.3, -0.25) is 14.0 Å². The lowest BCUT2D eigenvalue weighted by atomic mass is 10.2. The number of anilines is 1. The second-order valence-corrected chi connectivity index (χ2v) is 6.86. The Balaban J connectivity index is 1.58. The van der Waals surface area contributed by atoms with Gasteiger partial charge >= 0.3 is 0 Å². The fourth-order valence-electron chi connectivity index (χ4n) is 2.76. The molecule has 0 aliphatic rings. The van der Waals surface area contributed by atoms with E-state index in [1.807, 2.05) is 30.5 Å². The third kappa shape index (κ3) is 3.33. The smallest absolute Gasteiger partial charge is 0.273 e. The zero-order chi connectivity index (χ0) is 19.7. The fraction of sp³-hybridized carbons (Fsp3) is 0.0500. The molecule has 0 saturated carbocycles. The summed E-state index contributed by atoms with van der Waals surface area (Å²) in [6, 6.07) is 14.0. The van der Waals surface area contributed by atoms with Gasteiger partial charge < -0.3 is 15.8 Å². The minimum atomic E-state index is -0.512. The molecule has 2 amide bonds. The molecule has 0 aliphatic heterocycles. The van der Waals surface area contributed by atoms with Crippen molar-refractivity contribution < 1.29 is 14.3 Å². The molecular weight excluding hydrogens is 376 g/mol. The Kier molecular flexibility index (Phi) is 4.54. The molecule has 2 aromatic carbocycles. The van der Waals surface area contributed by atoms with Crippen molar-refractivity contribution in [1.82, 2.24) is 9.38 Å². The number of nitrogens with zero attached hydrogens (tertiary/aromatic N) is 2. The number of primary amides is 1. The first-order valence-corrected chi connectivity index (χ1v) is 9.25. The summed E-state index contributed by atoms with van der Waals surface area (Å²) in [6.45, 7) is 0. The van der Waals surface area contributed by atoms with Crippen LogP contribution >= 0.6 is 11.3 Å². The second kappa shape index (κ2) is 7.16. The summed E-state index contributed by atoms with van der Waals surface area (Å²) in [5.74, 6) is -0.00848. The number of nitrogens with one attached hydrogen (secondary N) is 1. The van der Waals surface area contributed by atoms with E-state index in [9.17, 15) is 9.59 Å². The van der Waals surface area contributed by atoms with E-state index in [-0.39, 0.29) is 5.91 Å². The maximum absolute atomic E-state index is 12.7. The van der Waals surface area contributed by atoms with E-state index in [4.69, 9.17) is 10.5 Å². The van der Waals surface area contributed by atoms with Crippen LogP contribution in [-0.2, 0) is 0 Å². The van der Waals surface area contributed by atoms with Crippen molar-refractivity contribution in [1.29, 1.82) is 0 Å². The van der Waals surface area contributed by atoms with Crippen LogP contribution in [0.3, 0.4) is 0 Å². The molecule has 0 fully saturated rings. The van der Waals surface area contributed by atoms with Gasteiger partial charge in [0.05, 0.1) is 12.8 Å². The van der Waals surface area contributed by atoms with Crippen LogP contribution in [0.15, 0.2) is 60.1 Å². The van der Waals surface area contributed by atoms with Crippen molar-refractivity contribution in [2.24, 2.45) is 5.73 Å². The lowest BCUT2D eigenvalue weighted by Gasteiger charge is -2.05. The quantitative estimate of drug-likeness (QED) is 0.544. The first-order valence-electron chi connectivity index (χ1n) is 8.37. The lowest BCUT2D eigenvalue weighted by Crippen LogP contribution is -2.14. The summed E-state index contributed by atoms with van der Waals surface area (Å²) in [5.41, 5.74) is 8.37. The van der Waals surface area contributed by atoms with Crippen LogP contribution < -0.4 is 15.8 Å². The van der Waals surface area contributed by atoms with Gasteiger partial charge in [0.1, 0.15) is 11.4 Å². The number of hydrogen-bond donors (Lipinski definition) is 2. The van der Waals surface area contributed by atoms with Gasteiger partial charge in [0.15, 0.2) is 4.96 Å². The van der Waals surface area contributed by atoms with Gasteiger partial charge in [-0.05, 0) is 48.5 Å². The van der Waals surface area contributed by atoms with Crippen LogP contribution in [0.5, 0.6) is 5.75 Å². The Morgan fingerprint density at radius 1 is 1.11 bits per heavy atom. The number of methoxy groups -OCH3 is 1. The van der Waals surface area contributed by atoms with Crippen molar-refractivity contribution >= 4 is 33.8 Å². The van der Waals surface area contributed by atoms with Gasteiger partial charge in [0.25, 0.3) is 5.91 Å². The predicted octanol–water partition coefficient (Wildman–Crippen LogP) is 3.42. The molecule has 0 atom stereocenters. The first-order chi connectivity index (χ1) is 13.5. The number of amides is 2. The van der Waals surface area contributed by atoms with Crippen LogP contribution in [0, 0.1) is 0 Å². The molecule has 140 valence electrons. The Hall–Kier alpha value is -3.65. The molecule has 0 radical (unpaired) electrons. The van der Waals surface area contributed by atoms with Crippen molar-refractivity contribution in [2.75, 3.05) is 12.4 Å². The van der Waals surface area contributed by atoms with E-state index in [1.54, 1.807) is 41.2 Å². The Bertz CT molecular complexity index is 1160. The highest BCUT2D eigenvalue weighted by molar-refractivity contribution is 7.15. The van der Waals surface area contributed by atoms with Crippen LogP contribution in [0.25, 0.3) is 16.2 Å². The summed E-state index contributed by atoms with van der Waals surface area (Å²) >= 11 is 1.39. The minimum Gasteiger partial charge on any atom is -0.497 e. The van der Waals surface area contributed by atoms with E-state index in [1.165, 1.54) is 11.3 Å². The van der Waals surface area contributed by atoms with Gasteiger partial charge in [-0.15, -0.1) is 11.3 Å². The maximum atomic E-state index is 12.7. The van der Waals surface area contributed by atoms with Gasteiger partial charge in [0, 0.05) is 28.4 Å². The monoisotopic (exact) mass is 392 g/mol. The average molecular weight is 392 g/mol. The molecule has 0 unspecified atom stereocenters. The highest BCUT2D eigenvalue weighted by atomic mass is 32.1. The van der Waals surface area contributed by atoms with Gasteiger partial charge in [-0.2, -0.15) is 0 Å². The SMILES string of the molecule is COc1ccc(-c2cn3c(C(=O)Nc4ccc(C(N)=O)cc4)csc3n2)cc1. The number of thiazole rings is 1. The summed E-state index contributed by atoms with van der Waals surface area (Å²) in [7, 11) is 1.62. The van der Waals surface area contributed by atoms with Gasteiger partial charge in [0.2, 0.25) is 5.91 Å². The molecule has 28 heavy (non-hydrogen) atoms. The standard InChI is InChI=1S/C20H16N4O3S/c1-27-15-8-4-12(5-9-15)16-10-24-17(11-28-20(24)23-16)19(26)22-14-6-2-13(3-7-14)18(21)25/h2-11H,1H3,(H2,21,25)(H,22,26). The molecule has 4 rings (SSSR count). The van der Waals surface area contributed by atoms with E-state index >= 15 is 0 Å². The van der Waals surface area contributed by atoms with E-state index in [0.717, 1.165) is 22.0 Å². The third-order valence-electron chi connectivity index (χ3n) is 4.25. The lowest BCUT2D eigenvalue weighted by molar-refractivity contribution is 0.0997. The van der Waals surface area contributed by atoms with Gasteiger partial charge in [-0.25, -0.2) is 4.98 Å². The minimum absolute atomic E-state index is 0.267. The number of hydrogen-bond acceptors (Lipinski definition) is 5. The molecule has 4 aromatic rings. The molecular formula is C20H16N4O3S. The molecule has 2 aromatic heterocycles. The molecule has 0 bridgehead atoms. The number of carbonyl (C=O) groups is 2. The average Bonchev–Trinajstić information content (AvgIpc) is 3.29. The van der Waals surface area contributed by atoms with E-state index in [2.05, 4.69) is 10.3 Å². The zero-order valence-corrected chi connectivity index (χ0v) is 15.7. The van der Waals surface area contributed by atoms with Crippen LogP contribution in [0.4, 0.5) is 5.69 Å². The Morgan fingerprint density at radius 3 is 2.46 bits per heavy atom. The maximum Gasteiger partial charge on any atom is 0.273 e. The van der Waals surface area contributed by atoms with E-state index in [0.29, 0.717) is 16.9 Å². The zero-order valence-electron chi connectivity index (χ0n) is 14.9. The number of fused-ring (bicyclic) bond motifs is 1. The van der Waals surface area contributed by atoms with Crippen LogP contribution in [0.1, 0.15) is 20.8 Å². The normalized spacial score (nSPS) is 10.8. The summed E-state index contributed by atoms with van der Waals surface area (Å²) in [4.78, 5) is 29.1. The van der Waals surface area contributed by atoms with Crippen molar-refractivity contribution in [3.63, 3.8) is 0 Å². The number of rotatable bonds is 5. The van der Waals surface area contributed by atoms with E-state index < -0.39 is 5.91 Å². The molecule has 7 nitrogen and oxygen atoms in total. The molecule has 2 heterocycles. The highest BCUT2D eigenvalue weighted by Gasteiger charge is 2.15. The highest BCUT2D eigenvalue weighted by Crippen LogP contribution is 2.25. The number of benzene rings is 2. The number of aromatic nitrogens is 2. The fourth-order valence-corrected chi connectivity index (χ4v) is 3.61.